The lowest BCUT2D eigenvalue weighted by molar-refractivity contribution is -0.116. The number of hydrogen-bond donors (Lipinski definition) is 2. The average molecular weight is 265 g/mol. The van der Waals surface area contributed by atoms with Crippen molar-refractivity contribution in [2.45, 2.75) is 39.5 Å². The van der Waals surface area contributed by atoms with Gasteiger partial charge in [0.25, 0.3) is 0 Å². The Labute approximate surface area is 114 Å². The normalized spacial score (nSPS) is 10.7. The van der Waals surface area contributed by atoms with Gasteiger partial charge in [0, 0.05) is 12.1 Å². The van der Waals surface area contributed by atoms with Crippen LogP contribution in [0.5, 0.6) is 0 Å². The summed E-state index contributed by atoms with van der Waals surface area (Å²) < 4.78 is 0. The molecule has 4 N–H and O–H groups in total. The maximum atomic E-state index is 11.2. The monoisotopic (exact) mass is 265 g/mol. The predicted molar refractivity (Wildman–Crippen MR) is 76.8 cm³/mol. The molecule has 0 aliphatic carbocycles. The topological polar surface area (TPSA) is 98.1 Å². The first-order valence-electron chi connectivity index (χ1n) is 6.61. The Kier molecular flexibility index (Phi) is 5.54. The molecule has 0 unspecified atom stereocenters. The number of carbonyl (C=O) groups excluding carboxylic acids is 1. The van der Waals surface area contributed by atoms with E-state index in [1.807, 2.05) is 18.7 Å². The summed E-state index contributed by atoms with van der Waals surface area (Å²) in [6.45, 7) is 7.04. The van der Waals surface area contributed by atoms with Crippen LogP contribution in [-0.4, -0.2) is 29.0 Å². The maximum Gasteiger partial charge on any atom is 0.236 e. The van der Waals surface area contributed by atoms with Crippen molar-refractivity contribution in [3.05, 3.63) is 11.9 Å². The molecule has 0 atom stereocenters. The van der Waals surface area contributed by atoms with Gasteiger partial charge in [0.1, 0.15) is 18.0 Å². The summed E-state index contributed by atoms with van der Waals surface area (Å²) in [5, 5.41) is 0. The van der Waals surface area contributed by atoms with Crippen molar-refractivity contribution in [3.8, 4) is 0 Å². The molecule has 0 radical (unpaired) electrons. The van der Waals surface area contributed by atoms with E-state index in [4.69, 9.17) is 11.5 Å². The molecular formula is C13H23N5O. The van der Waals surface area contributed by atoms with Crippen LogP contribution >= 0.6 is 0 Å². The third-order valence-electron chi connectivity index (χ3n) is 2.90. The molecule has 0 spiro atoms. The second-order valence-corrected chi connectivity index (χ2v) is 4.89. The first-order valence-corrected chi connectivity index (χ1v) is 6.61. The fourth-order valence-corrected chi connectivity index (χ4v) is 2.00. The average Bonchev–Trinajstić information content (AvgIpc) is 2.33. The number of nitrogens with two attached hydrogens (primary N) is 2. The SMILES string of the molecule is CCCCN(CC(N)=O)c1ncnc(N)c1C(C)C. The maximum absolute atomic E-state index is 11.2. The van der Waals surface area contributed by atoms with Gasteiger partial charge in [-0.05, 0) is 12.3 Å². The molecule has 1 aromatic rings. The molecule has 0 fully saturated rings. The van der Waals surface area contributed by atoms with Gasteiger partial charge >= 0.3 is 0 Å². The molecule has 0 aliphatic heterocycles. The van der Waals surface area contributed by atoms with Crippen molar-refractivity contribution < 1.29 is 4.79 Å². The van der Waals surface area contributed by atoms with Gasteiger partial charge in [-0.2, -0.15) is 0 Å². The number of primary amides is 1. The quantitative estimate of drug-likeness (QED) is 0.773. The van der Waals surface area contributed by atoms with Gasteiger partial charge in [0.15, 0.2) is 0 Å². The number of carbonyl (C=O) groups is 1. The molecule has 6 nitrogen and oxygen atoms in total. The molecule has 1 aromatic heterocycles. The highest BCUT2D eigenvalue weighted by Gasteiger charge is 2.19. The Morgan fingerprint density at radius 3 is 2.63 bits per heavy atom. The fourth-order valence-electron chi connectivity index (χ4n) is 2.00. The second kappa shape index (κ2) is 6.92. The van der Waals surface area contributed by atoms with Gasteiger partial charge in [0.2, 0.25) is 5.91 Å². The van der Waals surface area contributed by atoms with E-state index >= 15 is 0 Å². The second-order valence-electron chi connectivity index (χ2n) is 4.89. The van der Waals surface area contributed by atoms with E-state index < -0.39 is 0 Å². The number of anilines is 2. The first kappa shape index (κ1) is 15.2. The highest BCUT2D eigenvalue weighted by Crippen LogP contribution is 2.29. The number of unbranched alkanes of at least 4 members (excludes halogenated alkanes) is 1. The first-order chi connectivity index (χ1) is 8.97. The van der Waals surface area contributed by atoms with Crippen molar-refractivity contribution in [2.24, 2.45) is 5.73 Å². The molecule has 1 rings (SSSR count). The summed E-state index contributed by atoms with van der Waals surface area (Å²) in [6.07, 6.45) is 3.43. The van der Waals surface area contributed by atoms with Gasteiger partial charge < -0.3 is 16.4 Å². The van der Waals surface area contributed by atoms with E-state index in [9.17, 15) is 4.79 Å². The summed E-state index contributed by atoms with van der Waals surface area (Å²) in [7, 11) is 0. The Bertz CT molecular complexity index is 433. The number of nitrogen functional groups attached to an aromatic ring is 1. The van der Waals surface area contributed by atoms with Crippen LogP contribution < -0.4 is 16.4 Å². The number of hydrogen-bond acceptors (Lipinski definition) is 5. The standard InChI is InChI=1S/C13H23N5O/c1-4-5-6-18(7-10(14)19)13-11(9(2)3)12(15)16-8-17-13/h8-9H,4-7H2,1-3H3,(H2,14,19)(H2,15,16,17). The van der Waals surface area contributed by atoms with Crippen LogP contribution in [-0.2, 0) is 4.79 Å². The van der Waals surface area contributed by atoms with Gasteiger partial charge in [-0.15, -0.1) is 0 Å². The summed E-state index contributed by atoms with van der Waals surface area (Å²) in [5.41, 5.74) is 12.1. The molecule has 0 saturated heterocycles. The van der Waals surface area contributed by atoms with Crippen LogP contribution in [0.4, 0.5) is 11.6 Å². The molecule has 19 heavy (non-hydrogen) atoms. The Hall–Kier alpha value is -1.85. The molecule has 6 heteroatoms. The van der Waals surface area contributed by atoms with Crippen molar-refractivity contribution in [1.29, 1.82) is 0 Å². The zero-order valence-corrected chi connectivity index (χ0v) is 11.9. The zero-order chi connectivity index (χ0) is 14.4. The molecule has 1 heterocycles. The molecule has 106 valence electrons. The minimum atomic E-state index is -0.372. The van der Waals surface area contributed by atoms with Crippen molar-refractivity contribution in [3.63, 3.8) is 0 Å². The lowest BCUT2D eigenvalue weighted by Crippen LogP contribution is -2.36. The molecule has 0 aliphatic rings. The summed E-state index contributed by atoms with van der Waals surface area (Å²) in [4.78, 5) is 21.4. The summed E-state index contributed by atoms with van der Waals surface area (Å²) in [6, 6.07) is 0. The lowest BCUT2D eigenvalue weighted by atomic mass is 10.0. The predicted octanol–water partition coefficient (Wildman–Crippen LogP) is 1.27. The van der Waals surface area contributed by atoms with Gasteiger partial charge in [-0.3, -0.25) is 4.79 Å². The van der Waals surface area contributed by atoms with Crippen molar-refractivity contribution in [1.82, 2.24) is 9.97 Å². The van der Waals surface area contributed by atoms with Gasteiger partial charge in [0.05, 0.1) is 6.54 Å². The van der Waals surface area contributed by atoms with Crippen LogP contribution in [0.1, 0.15) is 45.1 Å². The summed E-state index contributed by atoms with van der Waals surface area (Å²) >= 11 is 0. The van der Waals surface area contributed by atoms with Crippen LogP contribution in [0, 0.1) is 0 Å². The molecule has 1 amide bonds. The van der Waals surface area contributed by atoms with E-state index in [0.29, 0.717) is 5.82 Å². The van der Waals surface area contributed by atoms with Crippen LogP contribution in [0.2, 0.25) is 0 Å². The molecule has 0 aromatic carbocycles. The lowest BCUT2D eigenvalue weighted by Gasteiger charge is -2.26. The van der Waals surface area contributed by atoms with Crippen molar-refractivity contribution in [2.75, 3.05) is 23.7 Å². The highest BCUT2D eigenvalue weighted by molar-refractivity contribution is 5.79. The molecular weight excluding hydrogens is 242 g/mol. The third kappa shape index (κ3) is 4.08. The fraction of sp³-hybridized carbons (Fsp3) is 0.615. The summed E-state index contributed by atoms with van der Waals surface area (Å²) in [5.74, 6) is 0.997. The largest absolute Gasteiger partial charge is 0.383 e. The third-order valence-corrected chi connectivity index (χ3v) is 2.90. The van der Waals surface area contributed by atoms with Crippen LogP contribution in [0.25, 0.3) is 0 Å². The van der Waals surface area contributed by atoms with E-state index in [2.05, 4.69) is 16.9 Å². The van der Waals surface area contributed by atoms with E-state index in [-0.39, 0.29) is 18.4 Å². The minimum Gasteiger partial charge on any atom is -0.383 e. The van der Waals surface area contributed by atoms with Crippen LogP contribution in [0.3, 0.4) is 0 Å². The van der Waals surface area contributed by atoms with E-state index in [0.717, 1.165) is 30.8 Å². The number of nitrogens with zero attached hydrogens (tertiary/aromatic N) is 3. The van der Waals surface area contributed by atoms with E-state index in [1.165, 1.54) is 6.33 Å². The van der Waals surface area contributed by atoms with E-state index in [1.54, 1.807) is 0 Å². The molecule has 0 bridgehead atoms. The van der Waals surface area contributed by atoms with Gasteiger partial charge in [-0.25, -0.2) is 9.97 Å². The number of rotatable bonds is 7. The molecule has 0 saturated carbocycles. The zero-order valence-electron chi connectivity index (χ0n) is 11.9. The smallest absolute Gasteiger partial charge is 0.236 e. The minimum absolute atomic E-state index is 0.149. The van der Waals surface area contributed by atoms with Gasteiger partial charge in [-0.1, -0.05) is 27.2 Å². The Morgan fingerprint density at radius 1 is 1.42 bits per heavy atom. The van der Waals surface area contributed by atoms with Crippen molar-refractivity contribution >= 4 is 17.5 Å². The number of aromatic nitrogens is 2. The van der Waals surface area contributed by atoms with Crippen LogP contribution in [0.15, 0.2) is 6.33 Å². The number of amides is 1. The Morgan fingerprint density at radius 2 is 2.11 bits per heavy atom. The Balaban J connectivity index is 3.13. The highest BCUT2D eigenvalue weighted by atomic mass is 16.1.